The van der Waals surface area contributed by atoms with E-state index in [9.17, 15) is 22.8 Å². The number of hydrogen-bond acceptors (Lipinski definition) is 6. The first-order chi connectivity index (χ1) is 16.8. The molecule has 3 atom stereocenters. The van der Waals surface area contributed by atoms with Crippen molar-refractivity contribution in [1.82, 2.24) is 15.2 Å². The number of alkyl halides is 3. The molecule has 0 saturated carbocycles. The predicted molar refractivity (Wildman–Crippen MR) is 124 cm³/mol. The van der Waals surface area contributed by atoms with Gasteiger partial charge in [-0.3, -0.25) is 10.1 Å². The minimum Gasteiger partial charge on any atom is -0.472 e. The van der Waals surface area contributed by atoms with Gasteiger partial charge in [0.15, 0.2) is 6.04 Å². The number of nitrogens with one attached hydrogen (secondary N) is 1. The topological polar surface area (TPSA) is 80.8 Å². The third-order valence-corrected chi connectivity index (χ3v) is 6.33. The van der Waals surface area contributed by atoms with Gasteiger partial charge in [-0.1, -0.05) is 30.7 Å². The summed E-state index contributed by atoms with van der Waals surface area (Å²) in [5.74, 6) is -1.70. The highest BCUT2D eigenvalue weighted by molar-refractivity contribution is 5.90. The third-order valence-electron chi connectivity index (χ3n) is 6.33. The van der Waals surface area contributed by atoms with Crippen LogP contribution in [0.5, 0.6) is 5.88 Å². The number of methoxy groups -OCH3 is 1. The summed E-state index contributed by atoms with van der Waals surface area (Å²) in [4.78, 5) is 30.7. The molecule has 0 spiro atoms. The quantitative estimate of drug-likeness (QED) is 0.611. The van der Waals surface area contributed by atoms with Gasteiger partial charge < -0.3 is 14.4 Å². The summed E-state index contributed by atoms with van der Waals surface area (Å²) in [6, 6.07) is 4.12. The fourth-order valence-electron chi connectivity index (χ4n) is 4.54. The van der Waals surface area contributed by atoms with Crippen LogP contribution in [0.25, 0.3) is 16.8 Å². The van der Waals surface area contributed by atoms with E-state index in [2.05, 4.69) is 10.3 Å². The molecule has 1 saturated heterocycles. The van der Waals surface area contributed by atoms with Crippen molar-refractivity contribution in [2.45, 2.75) is 56.5 Å². The molecule has 4 bridgehead atoms. The van der Waals surface area contributed by atoms with Crippen LogP contribution in [0.3, 0.4) is 0 Å². The van der Waals surface area contributed by atoms with Crippen LogP contribution in [0.4, 0.5) is 13.2 Å². The van der Waals surface area contributed by atoms with E-state index in [4.69, 9.17) is 9.47 Å². The average Bonchev–Trinajstić information content (AvgIpc) is 3.25. The molecule has 1 amide bonds. The number of halogens is 3. The van der Waals surface area contributed by atoms with Crippen LogP contribution in [-0.2, 0) is 14.3 Å². The highest BCUT2D eigenvalue weighted by Crippen LogP contribution is 2.31. The zero-order chi connectivity index (χ0) is 25.0. The molecular weight excluding hydrogens is 463 g/mol. The summed E-state index contributed by atoms with van der Waals surface area (Å²) in [5, 5.41) is 3.98. The van der Waals surface area contributed by atoms with E-state index in [1.807, 2.05) is 36.4 Å². The summed E-state index contributed by atoms with van der Waals surface area (Å²) in [7, 11) is 1.14. The second-order valence-electron chi connectivity index (χ2n) is 8.78. The molecule has 188 valence electrons. The molecule has 2 aliphatic rings. The largest absolute Gasteiger partial charge is 0.472 e. The number of aromatic nitrogens is 1. The Morgan fingerprint density at radius 3 is 2.83 bits per heavy atom. The number of allylic oxidation sites excluding steroid dienone is 1. The molecule has 1 aromatic carbocycles. The number of carbonyl (C=O) groups excluding carboxylic acids is 2. The molecule has 7 nitrogen and oxygen atoms in total. The van der Waals surface area contributed by atoms with Gasteiger partial charge in [0, 0.05) is 18.0 Å². The summed E-state index contributed by atoms with van der Waals surface area (Å²) in [6.45, 7) is -0.158. The van der Waals surface area contributed by atoms with E-state index in [-0.39, 0.29) is 19.5 Å². The van der Waals surface area contributed by atoms with Gasteiger partial charge >= 0.3 is 12.1 Å². The summed E-state index contributed by atoms with van der Waals surface area (Å²) >= 11 is 0. The maximum absolute atomic E-state index is 13.8. The zero-order valence-electron chi connectivity index (χ0n) is 19.4. The van der Waals surface area contributed by atoms with E-state index in [0.29, 0.717) is 18.7 Å². The molecule has 4 rings (SSSR count). The highest BCUT2D eigenvalue weighted by Gasteiger charge is 2.51. The van der Waals surface area contributed by atoms with E-state index >= 15 is 0 Å². The highest BCUT2D eigenvalue weighted by atomic mass is 19.4. The lowest BCUT2D eigenvalue weighted by molar-refractivity contribution is -0.178. The minimum atomic E-state index is -4.81. The molecular formula is C25H28F3N3O4. The van der Waals surface area contributed by atoms with Gasteiger partial charge in [0.2, 0.25) is 11.8 Å². The van der Waals surface area contributed by atoms with Crippen LogP contribution in [0.1, 0.15) is 37.7 Å². The Hall–Kier alpha value is -3.14. The number of fused-ring (bicyclic) bond motifs is 3. The number of nitrogens with zero attached hydrogens (tertiary/aromatic N) is 2. The number of amides is 1. The maximum Gasteiger partial charge on any atom is 0.412 e. The minimum absolute atomic E-state index is 0.000646. The van der Waals surface area contributed by atoms with Gasteiger partial charge in [0.25, 0.3) is 0 Å². The monoisotopic (exact) mass is 491 g/mol. The first-order valence-corrected chi connectivity index (χ1v) is 11.7. The van der Waals surface area contributed by atoms with Crippen LogP contribution in [0, 0.1) is 0 Å². The van der Waals surface area contributed by atoms with Crippen LogP contribution in [0.15, 0.2) is 36.5 Å². The van der Waals surface area contributed by atoms with Gasteiger partial charge in [-0.25, -0.2) is 9.78 Å². The lowest BCUT2D eigenvalue weighted by Crippen LogP contribution is -2.56. The molecule has 2 aromatic rings. The molecule has 2 aliphatic heterocycles. The van der Waals surface area contributed by atoms with E-state index in [0.717, 1.165) is 41.2 Å². The van der Waals surface area contributed by atoms with Crippen molar-refractivity contribution < 1.29 is 32.2 Å². The lowest BCUT2D eigenvalue weighted by Gasteiger charge is -2.29. The number of hydrogen-bond donors (Lipinski definition) is 1. The Morgan fingerprint density at radius 1 is 1.23 bits per heavy atom. The fraction of sp³-hybridized carbons (Fsp3) is 0.480. The molecule has 0 aliphatic carbocycles. The van der Waals surface area contributed by atoms with Crippen molar-refractivity contribution >= 4 is 28.7 Å². The van der Waals surface area contributed by atoms with Crippen molar-refractivity contribution in [3.8, 4) is 5.88 Å². The smallest absolute Gasteiger partial charge is 0.412 e. The Kier molecular flexibility index (Phi) is 7.59. The van der Waals surface area contributed by atoms with Crippen molar-refractivity contribution in [2.75, 3.05) is 20.2 Å². The molecule has 1 fully saturated rings. The maximum atomic E-state index is 13.8. The number of rotatable bonds is 1. The third kappa shape index (κ3) is 5.75. The van der Waals surface area contributed by atoms with Crippen LogP contribution in [-0.4, -0.2) is 66.3 Å². The molecule has 10 heteroatoms. The van der Waals surface area contributed by atoms with Gasteiger partial charge in [-0.05, 0) is 48.9 Å². The SMILES string of the molecule is COC(=O)[C@@H]1C[C@@H]2CN1C(=O)C(C(F)(F)F)NCCCCC/C=C/c1ccc3ccnc(c3c1)O2. The fourth-order valence-corrected chi connectivity index (χ4v) is 4.54. The number of benzene rings is 1. The average molecular weight is 492 g/mol. The Labute approximate surface area is 201 Å². The van der Waals surface area contributed by atoms with Gasteiger partial charge in [-0.15, -0.1) is 0 Å². The summed E-state index contributed by atoms with van der Waals surface area (Å²) in [5.41, 5.74) is 0.974. The van der Waals surface area contributed by atoms with Crippen LogP contribution in [0.2, 0.25) is 0 Å². The molecule has 1 aromatic heterocycles. The first-order valence-electron chi connectivity index (χ1n) is 11.7. The standard InChI is InChI=1S/C25H28F3N3O4/c1-34-24(33)20-14-18-15-31(20)23(32)21(25(26,27)28)29-11-6-4-2-3-5-7-16-8-9-17-10-12-30-22(35-18)19(17)13-16/h5,7-10,12-13,18,20-21,29H,2-4,6,11,14-15H2,1H3/b7-5+/t18-,20+,21?/m1/s1. The van der Waals surface area contributed by atoms with Crippen molar-refractivity contribution in [1.29, 1.82) is 0 Å². The second-order valence-corrected chi connectivity index (χ2v) is 8.78. The molecule has 35 heavy (non-hydrogen) atoms. The Bertz CT molecular complexity index is 1110. The summed E-state index contributed by atoms with van der Waals surface area (Å²) < 4.78 is 52.3. The second kappa shape index (κ2) is 10.6. The molecule has 1 unspecified atom stereocenters. The van der Waals surface area contributed by atoms with Gasteiger partial charge in [-0.2, -0.15) is 13.2 Å². The Balaban J connectivity index is 1.70. The van der Waals surface area contributed by atoms with Crippen molar-refractivity contribution in [3.05, 3.63) is 42.1 Å². The van der Waals surface area contributed by atoms with Gasteiger partial charge in [0.1, 0.15) is 12.1 Å². The number of esters is 1. The lowest BCUT2D eigenvalue weighted by atomic mass is 10.1. The van der Waals surface area contributed by atoms with E-state index in [1.165, 1.54) is 0 Å². The number of ether oxygens (including phenoxy) is 2. The number of pyridine rings is 1. The number of carbonyl (C=O) groups is 2. The van der Waals surface area contributed by atoms with E-state index < -0.39 is 36.2 Å². The molecule has 1 N–H and O–H groups in total. The normalized spacial score (nSPS) is 25.1. The van der Waals surface area contributed by atoms with Crippen molar-refractivity contribution in [2.24, 2.45) is 0 Å². The predicted octanol–water partition coefficient (Wildman–Crippen LogP) is 3.86. The van der Waals surface area contributed by atoms with Crippen LogP contribution < -0.4 is 10.1 Å². The van der Waals surface area contributed by atoms with E-state index in [1.54, 1.807) is 6.20 Å². The summed E-state index contributed by atoms with van der Waals surface area (Å²) in [6.07, 6.45) is 2.88. The molecule has 0 radical (unpaired) electrons. The van der Waals surface area contributed by atoms with Crippen molar-refractivity contribution in [3.63, 3.8) is 0 Å². The zero-order valence-corrected chi connectivity index (χ0v) is 19.4. The van der Waals surface area contributed by atoms with Gasteiger partial charge in [0.05, 0.1) is 13.7 Å². The van der Waals surface area contributed by atoms with Crippen LogP contribution >= 0.6 is 0 Å². The Morgan fingerprint density at radius 2 is 2.06 bits per heavy atom. The first kappa shape index (κ1) is 25.0. The molecule has 3 heterocycles.